The van der Waals surface area contributed by atoms with Gasteiger partial charge in [0, 0.05) is 11.3 Å². The van der Waals surface area contributed by atoms with Crippen LogP contribution in [0.2, 0.25) is 0 Å². The molecule has 3 rings (SSSR count). The molecule has 0 bridgehead atoms. The van der Waals surface area contributed by atoms with Crippen molar-refractivity contribution in [2.75, 3.05) is 5.32 Å². The fourth-order valence-corrected chi connectivity index (χ4v) is 2.66. The third kappa shape index (κ3) is 4.64. The first-order valence-corrected chi connectivity index (χ1v) is 8.87. The van der Waals surface area contributed by atoms with Gasteiger partial charge in [-0.25, -0.2) is 0 Å². The van der Waals surface area contributed by atoms with Crippen molar-refractivity contribution < 1.29 is 14.0 Å². The highest BCUT2D eigenvalue weighted by Crippen LogP contribution is 2.14. The van der Waals surface area contributed by atoms with Crippen molar-refractivity contribution in [1.82, 2.24) is 5.32 Å². The Hall–Kier alpha value is -3.34. The molecule has 27 heavy (non-hydrogen) atoms. The molecule has 0 saturated heterocycles. The molecule has 0 spiro atoms. The van der Waals surface area contributed by atoms with E-state index in [-0.39, 0.29) is 11.5 Å². The van der Waals surface area contributed by atoms with E-state index in [4.69, 9.17) is 4.42 Å². The van der Waals surface area contributed by atoms with Gasteiger partial charge in [0.15, 0.2) is 11.9 Å². The SMILES string of the molecule is CCc1ccc(NC(NC(=O)c2ccco2)C(=O)c2ccc(C)cc2)cc1. The van der Waals surface area contributed by atoms with Crippen molar-refractivity contribution in [3.63, 3.8) is 0 Å². The minimum absolute atomic E-state index is 0.153. The van der Waals surface area contributed by atoms with Crippen molar-refractivity contribution in [2.45, 2.75) is 26.4 Å². The quantitative estimate of drug-likeness (QED) is 0.488. The van der Waals surface area contributed by atoms with Crippen molar-refractivity contribution in [2.24, 2.45) is 0 Å². The van der Waals surface area contributed by atoms with E-state index in [1.807, 2.05) is 43.3 Å². The third-order valence-corrected chi connectivity index (χ3v) is 4.29. The Labute approximate surface area is 158 Å². The van der Waals surface area contributed by atoms with Crippen LogP contribution in [0.25, 0.3) is 0 Å². The lowest BCUT2D eigenvalue weighted by Gasteiger charge is -2.20. The van der Waals surface area contributed by atoms with Gasteiger partial charge in [-0.05, 0) is 43.2 Å². The highest BCUT2D eigenvalue weighted by Gasteiger charge is 2.23. The number of ketones is 1. The summed E-state index contributed by atoms with van der Waals surface area (Å²) in [6.07, 6.45) is 1.43. The average molecular weight is 362 g/mol. The van der Waals surface area contributed by atoms with Crippen LogP contribution in [0, 0.1) is 6.92 Å². The molecule has 138 valence electrons. The molecular formula is C22H22N2O3. The van der Waals surface area contributed by atoms with E-state index in [1.54, 1.807) is 24.3 Å². The van der Waals surface area contributed by atoms with Gasteiger partial charge in [0.2, 0.25) is 5.78 Å². The molecule has 0 saturated carbocycles. The maximum absolute atomic E-state index is 13.0. The molecule has 1 amide bonds. The maximum Gasteiger partial charge on any atom is 0.288 e. The highest BCUT2D eigenvalue weighted by atomic mass is 16.3. The number of amides is 1. The molecular weight excluding hydrogens is 340 g/mol. The van der Waals surface area contributed by atoms with Gasteiger partial charge in [-0.15, -0.1) is 0 Å². The van der Waals surface area contributed by atoms with Gasteiger partial charge in [0.05, 0.1) is 6.26 Å². The van der Waals surface area contributed by atoms with E-state index in [9.17, 15) is 9.59 Å². The molecule has 0 aliphatic rings. The van der Waals surface area contributed by atoms with Crippen LogP contribution in [0.3, 0.4) is 0 Å². The summed E-state index contributed by atoms with van der Waals surface area (Å²) in [5.41, 5.74) is 3.52. The molecule has 1 atom stereocenters. The second-order valence-corrected chi connectivity index (χ2v) is 6.31. The molecule has 3 aromatic rings. The maximum atomic E-state index is 13.0. The Morgan fingerprint density at radius 2 is 1.70 bits per heavy atom. The standard InChI is InChI=1S/C22H22N2O3/c1-3-16-8-12-18(13-9-16)23-21(24-22(26)19-5-4-14-27-19)20(25)17-10-6-15(2)7-11-17/h4-14,21,23H,3H2,1-2H3,(H,24,26). The van der Waals surface area contributed by atoms with Crippen LogP contribution in [0.5, 0.6) is 0 Å². The lowest BCUT2D eigenvalue weighted by atomic mass is 10.1. The van der Waals surface area contributed by atoms with Gasteiger partial charge in [-0.1, -0.05) is 48.9 Å². The van der Waals surface area contributed by atoms with Gasteiger partial charge in [-0.3, -0.25) is 9.59 Å². The van der Waals surface area contributed by atoms with Crippen LogP contribution in [-0.4, -0.2) is 17.9 Å². The summed E-state index contributed by atoms with van der Waals surface area (Å²) < 4.78 is 5.13. The molecule has 1 aromatic heterocycles. The molecule has 2 aromatic carbocycles. The van der Waals surface area contributed by atoms with Crippen molar-refractivity contribution in [3.8, 4) is 0 Å². The number of hydrogen-bond acceptors (Lipinski definition) is 4. The molecule has 2 N–H and O–H groups in total. The Kier molecular flexibility index (Phi) is 5.71. The van der Waals surface area contributed by atoms with Gasteiger partial charge in [-0.2, -0.15) is 0 Å². The first-order valence-electron chi connectivity index (χ1n) is 8.87. The molecule has 5 nitrogen and oxygen atoms in total. The Balaban J connectivity index is 1.83. The monoisotopic (exact) mass is 362 g/mol. The van der Waals surface area contributed by atoms with E-state index in [2.05, 4.69) is 17.6 Å². The predicted octanol–water partition coefficient (Wildman–Crippen LogP) is 4.20. The summed E-state index contributed by atoms with van der Waals surface area (Å²) >= 11 is 0. The van der Waals surface area contributed by atoms with E-state index in [0.29, 0.717) is 5.56 Å². The second kappa shape index (κ2) is 8.36. The number of nitrogens with one attached hydrogen (secondary N) is 2. The molecule has 0 aliphatic heterocycles. The molecule has 0 radical (unpaired) electrons. The Morgan fingerprint density at radius 1 is 1.00 bits per heavy atom. The van der Waals surface area contributed by atoms with Crippen LogP contribution >= 0.6 is 0 Å². The highest BCUT2D eigenvalue weighted by molar-refractivity contribution is 6.04. The summed E-state index contributed by atoms with van der Waals surface area (Å²) in [7, 11) is 0. The minimum atomic E-state index is -0.919. The number of furan rings is 1. The average Bonchev–Trinajstić information content (AvgIpc) is 3.23. The molecule has 0 aliphatic carbocycles. The number of anilines is 1. The van der Waals surface area contributed by atoms with E-state index in [1.165, 1.54) is 11.8 Å². The van der Waals surface area contributed by atoms with Crippen molar-refractivity contribution in [3.05, 3.63) is 89.4 Å². The van der Waals surface area contributed by atoms with Crippen LogP contribution < -0.4 is 10.6 Å². The number of benzene rings is 2. The van der Waals surface area contributed by atoms with Gasteiger partial charge in [0.1, 0.15) is 0 Å². The van der Waals surface area contributed by atoms with Crippen molar-refractivity contribution in [1.29, 1.82) is 0 Å². The minimum Gasteiger partial charge on any atom is -0.459 e. The lowest BCUT2D eigenvalue weighted by Crippen LogP contribution is -2.46. The molecule has 5 heteroatoms. The van der Waals surface area contributed by atoms with E-state index >= 15 is 0 Å². The zero-order valence-electron chi connectivity index (χ0n) is 15.4. The second-order valence-electron chi connectivity index (χ2n) is 6.31. The van der Waals surface area contributed by atoms with Crippen LogP contribution in [0.4, 0.5) is 5.69 Å². The van der Waals surface area contributed by atoms with E-state index in [0.717, 1.165) is 17.7 Å². The summed E-state index contributed by atoms with van der Waals surface area (Å²) in [5, 5.41) is 5.83. The smallest absolute Gasteiger partial charge is 0.288 e. The summed E-state index contributed by atoms with van der Waals surface area (Å²) in [6.45, 7) is 4.04. The number of carbonyl (C=O) groups is 2. The zero-order chi connectivity index (χ0) is 19.2. The first-order chi connectivity index (χ1) is 13.1. The number of Topliss-reactive ketones (excluding diaryl/α,β-unsaturated/α-hetero) is 1. The topological polar surface area (TPSA) is 71.3 Å². The van der Waals surface area contributed by atoms with Gasteiger partial charge < -0.3 is 15.1 Å². The predicted molar refractivity (Wildman–Crippen MR) is 105 cm³/mol. The van der Waals surface area contributed by atoms with Crippen LogP contribution in [0.1, 0.15) is 39.0 Å². The number of hydrogen-bond donors (Lipinski definition) is 2. The Bertz CT molecular complexity index is 898. The fourth-order valence-electron chi connectivity index (χ4n) is 2.66. The van der Waals surface area contributed by atoms with Gasteiger partial charge in [0.25, 0.3) is 5.91 Å². The largest absolute Gasteiger partial charge is 0.459 e. The normalized spacial score (nSPS) is 11.6. The summed E-state index contributed by atoms with van der Waals surface area (Å²) in [6, 6.07) is 18.2. The number of aryl methyl sites for hydroxylation is 2. The Morgan fingerprint density at radius 3 is 2.30 bits per heavy atom. The molecule has 0 fully saturated rings. The van der Waals surface area contributed by atoms with Gasteiger partial charge >= 0.3 is 0 Å². The van der Waals surface area contributed by atoms with Crippen molar-refractivity contribution >= 4 is 17.4 Å². The molecule has 1 heterocycles. The number of carbonyl (C=O) groups excluding carboxylic acids is 2. The molecule has 1 unspecified atom stereocenters. The summed E-state index contributed by atoms with van der Waals surface area (Å²) in [5.74, 6) is -0.530. The van der Waals surface area contributed by atoms with E-state index < -0.39 is 12.1 Å². The zero-order valence-corrected chi connectivity index (χ0v) is 15.4. The number of rotatable bonds is 7. The fraction of sp³-hybridized carbons (Fsp3) is 0.182. The summed E-state index contributed by atoms with van der Waals surface area (Å²) in [4.78, 5) is 25.4. The first kappa shape index (κ1) is 18.5. The van der Waals surface area contributed by atoms with Crippen LogP contribution in [0.15, 0.2) is 71.3 Å². The van der Waals surface area contributed by atoms with Crippen LogP contribution in [-0.2, 0) is 6.42 Å². The third-order valence-electron chi connectivity index (χ3n) is 4.29. The lowest BCUT2D eigenvalue weighted by molar-refractivity contribution is 0.0853.